The molecule has 0 aromatic rings. The number of carbonyl (C=O) groups excluding carboxylic acids is 1. The second kappa shape index (κ2) is 22.1. The first-order valence-electron chi connectivity index (χ1n) is 12.5. The summed E-state index contributed by atoms with van der Waals surface area (Å²) in [5.41, 5.74) is 0. The van der Waals surface area contributed by atoms with Gasteiger partial charge in [-0.3, -0.25) is 4.79 Å². The van der Waals surface area contributed by atoms with Gasteiger partial charge in [-0.25, -0.2) is 0 Å². The van der Waals surface area contributed by atoms with Crippen molar-refractivity contribution in [3.8, 4) is 0 Å². The number of hydrogen-bond donors (Lipinski definition) is 2. The van der Waals surface area contributed by atoms with E-state index in [-0.39, 0.29) is 19.2 Å². The molecule has 0 heterocycles. The zero-order chi connectivity index (χ0) is 21.6. The summed E-state index contributed by atoms with van der Waals surface area (Å²) in [6.07, 6.45) is 22.0. The molecule has 174 valence electrons. The number of unbranched alkanes of at least 4 members (excludes halogenated alkanes) is 15. The number of rotatable bonds is 22. The Kier molecular flexibility index (Phi) is 21.6. The second-order valence-corrected chi connectivity index (χ2v) is 9.11. The molecule has 0 amide bonds. The predicted octanol–water partition coefficient (Wildman–Crippen LogP) is 6.56. The molecule has 4 nitrogen and oxygen atoms in total. The van der Waals surface area contributed by atoms with E-state index in [0.717, 1.165) is 18.8 Å². The van der Waals surface area contributed by atoms with Crippen LogP contribution in [-0.4, -0.2) is 35.5 Å². The summed E-state index contributed by atoms with van der Waals surface area (Å²) in [6.45, 7) is 4.16. The van der Waals surface area contributed by atoms with E-state index in [2.05, 4.69) is 13.8 Å². The highest BCUT2D eigenvalue weighted by molar-refractivity contribution is 5.69. The third kappa shape index (κ3) is 23.5. The molecule has 0 aliphatic carbocycles. The highest BCUT2D eigenvalue weighted by atomic mass is 16.5. The molecule has 0 bridgehead atoms. The minimum atomic E-state index is -0.955. The molecule has 4 heteroatoms. The summed E-state index contributed by atoms with van der Waals surface area (Å²) in [5, 5.41) is 17.8. The van der Waals surface area contributed by atoms with Gasteiger partial charge >= 0.3 is 5.97 Å². The Morgan fingerprint density at radius 1 is 0.690 bits per heavy atom. The van der Waals surface area contributed by atoms with Gasteiger partial charge in [-0.1, -0.05) is 117 Å². The molecular weight excluding hydrogens is 364 g/mol. The summed E-state index contributed by atoms with van der Waals surface area (Å²) in [5.74, 6) is 0.592. The normalized spacial score (nSPS) is 12.4. The van der Waals surface area contributed by atoms with Crippen molar-refractivity contribution in [2.75, 3.05) is 13.2 Å². The average Bonchev–Trinajstić information content (AvgIpc) is 2.70. The van der Waals surface area contributed by atoms with Crippen LogP contribution in [0.5, 0.6) is 0 Å². The number of carbonyl (C=O) groups is 1. The van der Waals surface area contributed by atoms with Crippen molar-refractivity contribution in [1.82, 2.24) is 0 Å². The maximum atomic E-state index is 11.4. The maximum absolute atomic E-state index is 11.4. The summed E-state index contributed by atoms with van der Waals surface area (Å²) in [6, 6.07) is 0. The van der Waals surface area contributed by atoms with Crippen LogP contribution in [0.15, 0.2) is 0 Å². The first kappa shape index (κ1) is 28.4. The maximum Gasteiger partial charge on any atom is 0.305 e. The summed E-state index contributed by atoms with van der Waals surface area (Å²) < 4.78 is 4.88. The third-order valence-electron chi connectivity index (χ3n) is 5.56. The number of esters is 1. The molecule has 0 spiro atoms. The summed E-state index contributed by atoms with van der Waals surface area (Å²) >= 11 is 0. The first-order valence-corrected chi connectivity index (χ1v) is 12.5. The van der Waals surface area contributed by atoms with Crippen LogP contribution in [0, 0.1) is 5.92 Å². The van der Waals surface area contributed by atoms with Gasteiger partial charge in [-0.15, -0.1) is 0 Å². The van der Waals surface area contributed by atoms with Gasteiger partial charge < -0.3 is 14.9 Å². The fourth-order valence-corrected chi connectivity index (χ4v) is 3.61. The molecule has 0 rings (SSSR count). The number of aliphatic hydroxyl groups is 2. The lowest BCUT2D eigenvalue weighted by molar-refractivity contribution is -0.147. The van der Waals surface area contributed by atoms with E-state index in [9.17, 15) is 4.79 Å². The number of hydrogen-bond acceptors (Lipinski definition) is 4. The lowest BCUT2D eigenvalue weighted by atomic mass is 10.0. The SMILES string of the molecule is CC(C)CCCCCCCCCCCCCCCCCCC(=O)OC[C@H](O)CO. The highest BCUT2D eigenvalue weighted by Gasteiger charge is 2.07. The standard InChI is InChI=1S/C25H50O4/c1-23(2)19-17-15-13-11-9-7-5-3-4-6-8-10-12-14-16-18-20-25(28)29-22-24(27)21-26/h23-24,26-27H,3-22H2,1-2H3/t24-/m1/s1. The zero-order valence-electron chi connectivity index (χ0n) is 19.5. The lowest BCUT2D eigenvalue weighted by Gasteiger charge is -2.08. The predicted molar refractivity (Wildman–Crippen MR) is 122 cm³/mol. The Labute approximate surface area is 180 Å². The van der Waals surface area contributed by atoms with Crippen molar-refractivity contribution < 1.29 is 19.7 Å². The fraction of sp³-hybridized carbons (Fsp3) is 0.960. The van der Waals surface area contributed by atoms with E-state index in [4.69, 9.17) is 14.9 Å². The Morgan fingerprint density at radius 2 is 1.07 bits per heavy atom. The largest absolute Gasteiger partial charge is 0.463 e. The molecule has 0 aliphatic rings. The van der Waals surface area contributed by atoms with Crippen LogP contribution in [0.1, 0.15) is 129 Å². The molecule has 0 aromatic heterocycles. The number of aliphatic hydroxyl groups excluding tert-OH is 2. The molecule has 0 saturated heterocycles. The molecule has 2 N–H and O–H groups in total. The first-order chi connectivity index (χ1) is 14.1. The molecule has 0 aliphatic heterocycles. The highest BCUT2D eigenvalue weighted by Crippen LogP contribution is 2.15. The second-order valence-electron chi connectivity index (χ2n) is 9.11. The van der Waals surface area contributed by atoms with Gasteiger partial charge in [0.1, 0.15) is 12.7 Å². The fourth-order valence-electron chi connectivity index (χ4n) is 3.61. The quantitative estimate of drug-likeness (QED) is 0.155. The molecule has 1 atom stereocenters. The van der Waals surface area contributed by atoms with Crippen LogP contribution in [0.25, 0.3) is 0 Å². The van der Waals surface area contributed by atoms with Gasteiger partial charge in [0.25, 0.3) is 0 Å². The van der Waals surface area contributed by atoms with Gasteiger partial charge in [-0.2, -0.15) is 0 Å². The van der Waals surface area contributed by atoms with Crippen molar-refractivity contribution in [1.29, 1.82) is 0 Å². The van der Waals surface area contributed by atoms with Crippen molar-refractivity contribution in [2.24, 2.45) is 5.92 Å². The van der Waals surface area contributed by atoms with Gasteiger partial charge in [0.2, 0.25) is 0 Å². The molecule has 0 saturated carbocycles. The minimum absolute atomic E-state index is 0.103. The minimum Gasteiger partial charge on any atom is -0.463 e. The monoisotopic (exact) mass is 414 g/mol. The van der Waals surface area contributed by atoms with E-state index < -0.39 is 6.10 Å². The Bertz CT molecular complexity index is 344. The van der Waals surface area contributed by atoms with E-state index in [1.807, 2.05) is 0 Å². The molecule has 0 fully saturated rings. The van der Waals surface area contributed by atoms with Crippen molar-refractivity contribution in [2.45, 2.75) is 136 Å². The zero-order valence-corrected chi connectivity index (χ0v) is 19.5. The van der Waals surface area contributed by atoms with Crippen molar-refractivity contribution in [3.63, 3.8) is 0 Å². The van der Waals surface area contributed by atoms with Crippen LogP contribution < -0.4 is 0 Å². The Hall–Kier alpha value is -0.610. The number of ether oxygens (including phenoxy) is 1. The van der Waals surface area contributed by atoms with Gasteiger partial charge in [0.15, 0.2) is 0 Å². The topological polar surface area (TPSA) is 66.8 Å². The van der Waals surface area contributed by atoms with Crippen LogP contribution >= 0.6 is 0 Å². The lowest BCUT2D eigenvalue weighted by Crippen LogP contribution is -2.21. The van der Waals surface area contributed by atoms with Gasteiger partial charge in [-0.05, 0) is 12.3 Å². The van der Waals surface area contributed by atoms with Gasteiger partial charge in [0.05, 0.1) is 6.61 Å². The Balaban J connectivity index is 3.12. The van der Waals surface area contributed by atoms with E-state index >= 15 is 0 Å². The van der Waals surface area contributed by atoms with Crippen molar-refractivity contribution in [3.05, 3.63) is 0 Å². The molecule has 0 radical (unpaired) electrons. The van der Waals surface area contributed by atoms with Crippen molar-refractivity contribution >= 4 is 5.97 Å². The third-order valence-corrected chi connectivity index (χ3v) is 5.56. The van der Waals surface area contributed by atoms with Crippen LogP contribution in [-0.2, 0) is 9.53 Å². The molecule has 29 heavy (non-hydrogen) atoms. The molecule has 0 aromatic carbocycles. The molecular formula is C25H50O4. The van der Waals surface area contributed by atoms with Crippen LogP contribution in [0.2, 0.25) is 0 Å². The summed E-state index contributed by atoms with van der Waals surface area (Å²) in [4.78, 5) is 11.4. The summed E-state index contributed by atoms with van der Waals surface area (Å²) in [7, 11) is 0. The van der Waals surface area contributed by atoms with E-state index in [1.165, 1.54) is 96.3 Å². The van der Waals surface area contributed by atoms with E-state index in [0.29, 0.717) is 6.42 Å². The van der Waals surface area contributed by atoms with Gasteiger partial charge in [0, 0.05) is 6.42 Å². The molecule has 0 unspecified atom stereocenters. The average molecular weight is 415 g/mol. The Morgan fingerprint density at radius 3 is 1.45 bits per heavy atom. The van der Waals surface area contributed by atoms with Crippen LogP contribution in [0.4, 0.5) is 0 Å². The smallest absolute Gasteiger partial charge is 0.305 e. The van der Waals surface area contributed by atoms with Crippen LogP contribution in [0.3, 0.4) is 0 Å². The van der Waals surface area contributed by atoms with E-state index in [1.54, 1.807) is 0 Å².